The molecular weight excluding hydrogens is 1730 g/mol. The minimum Gasteiger partial charge on any atom is -0.481 e. The van der Waals surface area contributed by atoms with Crippen molar-refractivity contribution in [2.24, 2.45) is 118 Å². The molecule has 0 rings (SSSR count). The zero-order chi connectivity index (χ0) is 99.4. The Morgan fingerprint density at radius 2 is 0.562 bits per heavy atom. The van der Waals surface area contributed by atoms with E-state index in [1.807, 2.05) is 111 Å². The summed E-state index contributed by atoms with van der Waals surface area (Å²) in [7, 11) is -1.06. The van der Waals surface area contributed by atoms with Gasteiger partial charge in [-0.1, -0.05) is 183 Å². The molecule has 0 aliphatic carbocycles. The third-order valence-electron chi connectivity index (χ3n) is 20.4. The van der Waals surface area contributed by atoms with E-state index in [1.54, 1.807) is 27.9 Å². The van der Waals surface area contributed by atoms with Crippen molar-refractivity contribution < 1.29 is 112 Å². The zero-order valence-corrected chi connectivity index (χ0v) is 84.6. The maximum absolute atomic E-state index is 13.2. The molecule has 772 valence electrons. The lowest BCUT2D eigenvalue weighted by atomic mass is 9.79. The van der Waals surface area contributed by atoms with Gasteiger partial charge in [-0.05, 0) is 187 Å². The molecule has 0 aromatic heterocycles. The number of sulfonamides is 3. The van der Waals surface area contributed by atoms with Crippen LogP contribution in [0.3, 0.4) is 0 Å². The molecule has 0 unspecified atom stereocenters. The number of aliphatic carboxylic acids is 2. The molecule has 0 radical (unpaired) electrons. The summed E-state index contributed by atoms with van der Waals surface area (Å²) in [6.07, 6.45) is 7.19. The molecular formula is C97H192N6O24S3. The van der Waals surface area contributed by atoms with E-state index in [-0.39, 0.29) is 188 Å². The van der Waals surface area contributed by atoms with Crippen molar-refractivity contribution >= 4 is 123 Å². The number of amides is 2. The Kier molecular flexibility index (Phi) is 87.1. The van der Waals surface area contributed by atoms with Crippen LogP contribution in [0, 0.1) is 118 Å². The fourth-order valence-electron chi connectivity index (χ4n) is 13.3. The molecule has 0 heterocycles. The quantitative estimate of drug-likeness (QED) is 0.0325. The smallest absolute Gasteiger partial charge is 0.331 e. The fourth-order valence-corrected chi connectivity index (χ4v) is 14.6. The van der Waals surface area contributed by atoms with Gasteiger partial charge in [0.25, 0.3) is 0 Å². The first-order valence-corrected chi connectivity index (χ1v) is 47.5. The van der Waals surface area contributed by atoms with Crippen molar-refractivity contribution in [1.82, 2.24) is 28.4 Å². The Morgan fingerprint density at radius 1 is 0.331 bits per heavy atom. The summed E-state index contributed by atoms with van der Waals surface area (Å²) in [5.41, 5.74) is -0.0864. The second-order valence-corrected chi connectivity index (χ2v) is 43.4. The van der Waals surface area contributed by atoms with Crippen molar-refractivity contribution in [3.05, 3.63) is 24.3 Å². The van der Waals surface area contributed by atoms with Crippen molar-refractivity contribution in [1.29, 1.82) is 0 Å². The van der Waals surface area contributed by atoms with Gasteiger partial charge in [0.05, 0.1) is 30.6 Å². The number of likely N-dealkylation sites (N-methyl/N-ethyl adjacent to an activating group) is 1. The number of nitrogens with one attached hydrogen (secondary N) is 2. The van der Waals surface area contributed by atoms with Gasteiger partial charge in [0.1, 0.15) is 69.7 Å². The van der Waals surface area contributed by atoms with Crippen LogP contribution in [0.1, 0.15) is 298 Å². The molecule has 12 atom stereocenters. The zero-order valence-electron chi connectivity index (χ0n) is 82.1. The molecule has 30 nitrogen and oxygen atoms in total. The number of hydrogen-bond acceptors (Lipinski definition) is 23. The minimum absolute atomic E-state index is 0. The van der Waals surface area contributed by atoms with Gasteiger partial charge in [-0.25, -0.2) is 43.0 Å². The number of carboxylic acids is 2. The van der Waals surface area contributed by atoms with Crippen LogP contribution >= 0.6 is 0 Å². The summed E-state index contributed by atoms with van der Waals surface area (Å²) < 4.78 is 72.5. The Hall–Kier alpha value is -6.91. The normalized spacial score (nSPS) is 13.8. The molecule has 4 N–H and O–H groups in total. The summed E-state index contributed by atoms with van der Waals surface area (Å²) in [4.78, 5) is 187. The molecule has 0 saturated heterocycles. The Morgan fingerprint density at radius 3 is 0.762 bits per heavy atom. The standard InChI is InChI=1S/C20H39N3O5S.C13H25NO4S.C12H23NO5S.C12H23NO2.C12H20O3.C11H18O2.C10H16O3.7CH4/c1-13(2)11-15(16(14(3)24)12-23(9)29(10,27)28)18(25)21-17(20(4,5)6)19(26)22(7)8;1-9(2)7-12(10(3)15)13(11(4)16)8-14(5)19(6,17)18;1-8(2)6-10(12(15)16)11(9(3)14)7-13(4)19(5,17)18;1-8(2)6-11(9(3)14)12(7-13-5)10(4)15;1-7(2)6-11(8(3)13)12(9(4)14)10(5)15;1-7(2)6-11(10(5)13)8(3)9(4)12;1-6(2)5-9(8(4)11)7(3)10(12)13;;;;;;;/h13,15-17H,11-12H2,1-10H3,(H,21,25);9,12-13H,7-8H2,1-6H3;8,10-11H,6-7H2,1-5H3,(H,15,16);8,11-13H,6-7H2,1-5H3;7,11-12H,6H2,1-5H3;7,11H,3,6H2,1-2,4-5H3;6,9H,3,5H2,1-2,4H3,(H,12,13);7*1H4/t15-,16-,17-;12-,13+;10-,11-;11-,12+;2*11-;9-;;;;;;;/m1010011......./s1. The lowest BCUT2D eigenvalue weighted by Gasteiger charge is -2.35. The molecule has 2 amide bonds. The van der Waals surface area contributed by atoms with Gasteiger partial charge in [0, 0.05) is 126 Å². The topological polar surface area (TPSA) is 453 Å². The van der Waals surface area contributed by atoms with Crippen molar-refractivity contribution in [2.75, 3.05) is 87.2 Å². The molecule has 0 bridgehead atoms. The van der Waals surface area contributed by atoms with Crippen LogP contribution in [-0.4, -0.2) is 240 Å². The van der Waals surface area contributed by atoms with Crippen molar-refractivity contribution in [3.8, 4) is 0 Å². The van der Waals surface area contributed by atoms with Crippen LogP contribution in [0.2, 0.25) is 0 Å². The van der Waals surface area contributed by atoms with E-state index in [9.17, 15) is 107 Å². The monoisotopic (exact) mass is 1920 g/mol. The summed E-state index contributed by atoms with van der Waals surface area (Å²) in [6, 6.07) is -0.764. The lowest BCUT2D eigenvalue weighted by Crippen LogP contribution is -2.56. The van der Waals surface area contributed by atoms with E-state index in [2.05, 4.69) is 37.6 Å². The van der Waals surface area contributed by atoms with E-state index in [0.29, 0.717) is 74.3 Å². The second kappa shape index (κ2) is 73.5. The average Bonchev–Trinajstić information content (AvgIpc) is 0.812. The number of allylic oxidation sites excluding steroid dienone is 1. The SMILES string of the molecule is C.C.C.C.C.C.C.C=C(C(=O)O)[C@@H](CC(C)C)C(C)=O.C=C(C(C)=O)[C@@H](CC(C)C)C(C)=O.CC(=O)C(C(C)=O)[C@@H](CC(C)C)C(C)=O.CC(=O)[C@@H](CN(C)S(C)(=O)=O)[C@@H](CC(C)C)C(=O)N[C@H](C(=O)N(C)C)C(C)(C)C.CC(=O)[C@@H](CN(C)S(C)(=O)=O)[C@@H](CC(C)C)C(=O)O.CC(=O)[C@@H](CN(C)S(C)(=O)=O)[C@@H](CC(C)C)C(C)=O.CNC[C@H](C(C)=O)[C@@H](CC(C)C)C(C)=O. The van der Waals surface area contributed by atoms with E-state index >= 15 is 0 Å². The number of nitrogens with zero attached hydrogens (tertiary/aromatic N) is 4. The lowest BCUT2D eigenvalue weighted by molar-refractivity contribution is -0.147. The van der Waals surface area contributed by atoms with E-state index < -0.39 is 113 Å². The number of carbonyl (C=O) groups excluding carboxylic acids is 14. The third kappa shape index (κ3) is 68.1. The molecule has 0 spiro atoms. The number of carbonyl (C=O) groups is 16. The Bertz CT molecular complexity index is 3690. The maximum Gasteiger partial charge on any atom is 0.331 e. The van der Waals surface area contributed by atoms with Gasteiger partial charge in [0.2, 0.25) is 41.9 Å². The van der Waals surface area contributed by atoms with Crippen molar-refractivity contribution in [2.45, 2.75) is 304 Å². The highest BCUT2D eigenvalue weighted by atomic mass is 32.2. The van der Waals surface area contributed by atoms with Gasteiger partial charge in [-0.15, -0.1) is 0 Å². The first-order valence-electron chi connectivity index (χ1n) is 42.0. The van der Waals surface area contributed by atoms with E-state index in [0.717, 1.165) is 38.1 Å². The molecule has 0 saturated carbocycles. The van der Waals surface area contributed by atoms with Gasteiger partial charge < -0.3 is 25.7 Å². The summed E-state index contributed by atoms with van der Waals surface area (Å²) in [6.45, 7) is 58.0. The van der Waals surface area contributed by atoms with Crippen molar-refractivity contribution in [3.63, 3.8) is 0 Å². The van der Waals surface area contributed by atoms with Gasteiger partial charge >= 0.3 is 11.9 Å². The van der Waals surface area contributed by atoms with Gasteiger partial charge in [-0.2, -0.15) is 0 Å². The molecule has 0 aliphatic heterocycles. The first kappa shape index (κ1) is 154. The number of ketones is 12. The third-order valence-corrected chi connectivity index (χ3v) is 24.3. The highest BCUT2D eigenvalue weighted by Gasteiger charge is 2.42. The molecule has 0 fully saturated rings. The molecule has 0 aromatic rings. The van der Waals surface area contributed by atoms with E-state index in [4.69, 9.17) is 5.11 Å². The molecule has 0 aliphatic rings. The highest BCUT2D eigenvalue weighted by molar-refractivity contribution is 7.88. The van der Waals surface area contributed by atoms with Gasteiger partial charge in [0.15, 0.2) is 5.78 Å². The Balaban J connectivity index is -0.000000102. The van der Waals surface area contributed by atoms with Crippen LogP contribution in [0.25, 0.3) is 0 Å². The predicted molar refractivity (Wildman–Crippen MR) is 533 cm³/mol. The van der Waals surface area contributed by atoms with Crippen LogP contribution < -0.4 is 10.6 Å². The molecule has 0 aromatic carbocycles. The fraction of sp³-hybridized carbons (Fsp3) is 0.794. The first-order chi connectivity index (χ1) is 55.2. The largest absolute Gasteiger partial charge is 0.481 e. The minimum atomic E-state index is -3.50. The second-order valence-electron chi connectivity index (χ2n) is 37.1. The maximum atomic E-state index is 13.2. The number of hydrogen-bond donors (Lipinski definition) is 4. The summed E-state index contributed by atoms with van der Waals surface area (Å²) in [5, 5.41) is 23.7. The Labute approximate surface area is 792 Å². The number of rotatable bonds is 49. The van der Waals surface area contributed by atoms with Crippen LogP contribution in [0.15, 0.2) is 24.3 Å². The molecule has 130 heavy (non-hydrogen) atoms. The number of carboxylic acid groups (broad SMARTS) is 2. The van der Waals surface area contributed by atoms with Crippen LogP contribution in [-0.2, 0) is 107 Å². The summed E-state index contributed by atoms with van der Waals surface area (Å²) in [5.74, 6) is -8.52. The molecule has 33 heteroatoms. The highest BCUT2D eigenvalue weighted by Crippen LogP contribution is 2.31. The van der Waals surface area contributed by atoms with E-state index in [1.165, 1.54) is 95.3 Å². The predicted octanol–water partition coefficient (Wildman–Crippen LogP) is 15.9. The van der Waals surface area contributed by atoms with Crippen LogP contribution in [0.5, 0.6) is 0 Å². The van der Waals surface area contributed by atoms with Crippen LogP contribution in [0.4, 0.5) is 0 Å². The summed E-state index contributed by atoms with van der Waals surface area (Å²) >= 11 is 0. The van der Waals surface area contributed by atoms with Gasteiger partial charge in [-0.3, -0.25) is 71.9 Å². The number of Topliss-reactive ketones (excluding diaryl/α,β-unsaturated/α-hetero) is 12. The average molecular weight is 1920 g/mol.